The quantitative estimate of drug-likeness (QED) is 0.709. The fourth-order valence-corrected chi connectivity index (χ4v) is 1.67. The van der Waals surface area contributed by atoms with Crippen LogP contribution in [0.5, 0.6) is 0 Å². The summed E-state index contributed by atoms with van der Waals surface area (Å²) in [6.07, 6.45) is 0. The van der Waals surface area contributed by atoms with E-state index in [-0.39, 0.29) is 4.90 Å². The second kappa shape index (κ2) is 6.00. The van der Waals surface area contributed by atoms with Gasteiger partial charge in [0.25, 0.3) is 0 Å². The van der Waals surface area contributed by atoms with Gasteiger partial charge < -0.3 is 5.32 Å². The van der Waals surface area contributed by atoms with Crippen LogP contribution in [0.2, 0.25) is 0 Å². The minimum atomic E-state index is -3.78. The summed E-state index contributed by atoms with van der Waals surface area (Å²) >= 11 is 5.47. The number of anilines is 1. The number of amides is 3. The molecule has 9 heteroatoms. The van der Waals surface area contributed by atoms with Crippen molar-refractivity contribution in [1.29, 1.82) is 0 Å². The summed E-state index contributed by atoms with van der Waals surface area (Å²) in [5, 5.41) is 8.43. The largest absolute Gasteiger partial charge is 0.325 e. The van der Waals surface area contributed by atoms with Crippen LogP contribution in [-0.2, 0) is 14.8 Å². The first-order chi connectivity index (χ1) is 8.70. The Balaban J connectivity index is 2.69. The van der Waals surface area contributed by atoms with Crippen LogP contribution in [-0.4, -0.2) is 25.7 Å². The van der Waals surface area contributed by atoms with Crippen molar-refractivity contribution in [1.82, 2.24) is 5.32 Å². The van der Waals surface area contributed by atoms with E-state index in [2.05, 4.69) is 5.32 Å². The second-order valence-corrected chi connectivity index (χ2v) is 5.84. The number of imide groups is 1. The van der Waals surface area contributed by atoms with E-state index in [9.17, 15) is 18.0 Å². The Morgan fingerprint density at radius 1 is 1.26 bits per heavy atom. The highest BCUT2D eigenvalue weighted by Crippen LogP contribution is 2.12. The Kier molecular flexibility index (Phi) is 4.87. The maximum absolute atomic E-state index is 11.4. The number of alkyl halides is 1. The predicted octanol–water partition coefficient (Wildman–Crippen LogP) is 0.609. The van der Waals surface area contributed by atoms with Crippen LogP contribution in [0.3, 0.4) is 0 Å². The van der Waals surface area contributed by atoms with Crippen LogP contribution in [0.4, 0.5) is 10.5 Å². The predicted molar refractivity (Wildman–Crippen MR) is 70.3 cm³/mol. The molecule has 0 aromatic heterocycles. The molecule has 0 saturated carbocycles. The van der Waals surface area contributed by atoms with Gasteiger partial charge in [0.2, 0.25) is 15.9 Å². The molecule has 0 aliphatic carbocycles. The molecule has 3 amide bonds. The van der Waals surface area contributed by atoms with Crippen molar-refractivity contribution in [3.8, 4) is 0 Å². The molecule has 0 aliphatic rings. The zero-order valence-corrected chi connectivity index (χ0v) is 11.5. The molecule has 0 heterocycles. The van der Waals surface area contributed by atoms with Crippen LogP contribution in [0.25, 0.3) is 0 Å². The number of hydrogen-bond acceptors (Lipinski definition) is 4. The van der Waals surface area contributed by atoms with Gasteiger partial charge in [-0.25, -0.2) is 18.4 Å². The summed E-state index contributed by atoms with van der Waals surface area (Å²) in [7, 11) is -3.78. The normalized spacial score (nSPS) is 12.6. The number of primary sulfonamides is 1. The molecule has 1 atom stereocenters. The summed E-state index contributed by atoms with van der Waals surface area (Å²) in [5.41, 5.74) is 0.305. The number of sulfonamides is 1. The van der Waals surface area contributed by atoms with E-state index in [1.54, 1.807) is 0 Å². The smallest absolute Gasteiger partial charge is 0.308 e. The van der Waals surface area contributed by atoms with Gasteiger partial charge >= 0.3 is 6.03 Å². The van der Waals surface area contributed by atoms with E-state index in [0.29, 0.717) is 5.69 Å². The number of carbonyl (C=O) groups is 2. The SMILES string of the molecule is CC(Cl)C(=O)NC(=O)Nc1ccc(S(N)(=O)=O)cc1. The maximum Gasteiger partial charge on any atom is 0.325 e. The summed E-state index contributed by atoms with van der Waals surface area (Å²) in [5.74, 6) is -0.639. The van der Waals surface area contributed by atoms with Gasteiger partial charge in [-0.15, -0.1) is 11.6 Å². The van der Waals surface area contributed by atoms with Crippen molar-refractivity contribution in [2.75, 3.05) is 5.32 Å². The van der Waals surface area contributed by atoms with Crippen molar-refractivity contribution in [3.05, 3.63) is 24.3 Å². The van der Waals surface area contributed by atoms with E-state index in [0.717, 1.165) is 0 Å². The summed E-state index contributed by atoms with van der Waals surface area (Å²) in [6.45, 7) is 1.42. The maximum atomic E-state index is 11.4. The molecule has 0 saturated heterocycles. The molecule has 4 N–H and O–H groups in total. The highest BCUT2D eigenvalue weighted by Gasteiger charge is 2.13. The number of benzene rings is 1. The minimum absolute atomic E-state index is 0.0797. The summed E-state index contributed by atoms with van der Waals surface area (Å²) in [6, 6.07) is 4.39. The van der Waals surface area contributed by atoms with Gasteiger partial charge in [-0.3, -0.25) is 10.1 Å². The molecule has 104 valence electrons. The topological polar surface area (TPSA) is 118 Å². The van der Waals surface area contributed by atoms with Crippen molar-refractivity contribution in [2.24, 2.45) is 5.14 Å². The van der Waals surface area contributed by atoms with Gasteiger partial charge in [-0.2, -0.15) is 0 Å². The van der Waals surface area contributed by atoms with Crippen molar-refractivity contribution >= 4 is 39.2 Å². The Bertz CT molecular complexity index is 583. The van der Waals surface area contributed by atoms with Crippen molar-refractivity contribution in [3.63, 3.8) is 0 Å². The Hall–Kier alpha value is -1.64. The van der Waals surface area contributed by atoms with Gasteiger partial charge in [0, 0.05) is 5.69 Å². The van der Waals surface area contributed by atoms with Crippen LogP contribution >= 0.6 is 11.6 Å². The number of halogens is 1. The molecule has 0 radical (unpaired) electrons. The lowest BCUT2D eigenvalue weighted by Crippen LogP contribution is -2.38. The number of urea groups is 1. The zero-order valence-electron chi connectivity index (χ0n) is 9.88. The zero-order chi connectivity index (χ0) is 14.6. The third-order valence-electron chi connectivity index (χ3n) is 2.04. The molecule has 0 aliphatic heterocycles. The Morgan fingerprint density at radius 2 is 1.79 bits per heavy atom. The standard InChI is InChI=1S/C10H12ClN3O4S/c1-6(11)9(15)14-10(16)13-7-2-4-8(5-3-7)19(12,17)18/h2-6H,1H3,(H2,12,17,18)(H2,13,14,15,16). The van der Waals surface area contributed by atoms with Crippen LogP contribution in [0, 0.1) is 0 Å². The fourth-order valence-electron chi connectivity index (χ4n) is 1.10. The number of carbonyl (C=O) groups excluding carboxylic acids is 2. The number of nitrogens with one attached hydrogen (secondary N) is 2. The molecule has 0 bridgehead atoms. The Labute approximate surface area is 115 Å². The minimum Gasteiger partial charge on any atom is -0.308 e. The molecule has 1 aromatic rings. The molecule has 0 fully saturated rings. The van der Waals surface area contributed by atoms with Crippen molar-refractivity contribution < 1.29 is 18.0 Å². The highest BCUT2D eigenvalue weighted by atomic mass is 35.5. The van der Waals surface area contributed by atoms with E-state index < -0.39 is 27.3 Å². The third kappa shape index (κ3) is 4.86. The van der Waals surface area contributed by atoms with E-state index >= 15 is 0 Å². The number of hydrogen-bond donors (Lipinski definition) is 3. The number of nitrogens with two attached hydrogens (primary N) is 1. The molecule has 0 spiro atoms. The third-order valence-corrected chi connectivity index (χ3v) is 3.17. The van der Waals surface area contributed by atoms with Gasteiger partial charge in [0.1, 0.15) is 5.38 Å². The monoisotopic (exact) mass is 305 g/mol. The second-order valence-electron chi connectivity index (χ2n) is 3.63. The number of rotatable bonds is 3. The molecular weight excluding hydrogens is 294 g/mol. The molecular formula is C10H12ClN3O4S. The molecule has 1 rings (SSSR count). The van der Waals surface area contributed by atoms with Crippen LogP contribution in [0.1, 0.15) is 6.92 Å². The first kappa shape index (κ1) is 15.4. The fraction of sp³-hybridized carbons (Fsp3) is 0.200. The van der Waals surface area contributed by atoms with Crippen molar-refractivity contribution in [2.45, 2.75) is 17.2 Å². The first-order valence-electron chi connectivity index (χ1n) is 5.09. The first-order valence-corrected chi connectivity index (χ1v) is 7.07. The molecule has 1 aromatic carbocycles. The summed E-state index contributed by atoms with van der Waals surface area (Å²) in [4.78, 5) is 22.4. The van der Waals surface area contributed by atoms with Gasteiger partial charge in [0.15, 0.2) is 0 Å². The average molecular weight is 306 g/mol. The van der Waals surface area contributed by atoms with Crippen LogP contribution in [0.15, 0.2) is 29.2 Å². The lowest BCUT2D eigenvalue weighted by Gasteiger charge is -2.08. The average Bonchev–Trinajstić information content (AvgIpc) is 2.28. The van der Waals surface area contributed by atoms with E-state index in [1.807, 2.05) is 5.32 Å². The lowest BCUT2D eigenvalue weighted by molar-refractivity contribution is -0.119. The van der Waals surface area contributed by atoms with Crippen LogP contribution < -0.4 is 15.8 Å². The van der Waals surface area contributed by atoms with Gasteiger partial charge in [-0.1, -0.05) is 0 Å². The lowest BCUT2D eigenvalue weighted by atomic mass is 10.3. The molecule has 7 nitrogen and oxygen atoms in total. The molecule has 19 heavy (non-hydrogen) atoms. The van der Waals surface area contributed by atoms with E-state index in [1.165, 1.54) is 31.2 Å². The van der Waals surface area contributed by atoms with Gasteiger partial charge in [-0.05, 0) is 31.2 Å². The highest BCUT2D eigenvalue weighted by molar-refractivity contribution is 7.89. The summed E-state index contributed by atoms with van der Waals surface area (Å²) < 4.78 is 22.0. The Morgan fingerprint density at radius 3 is 2.21 bits per heavy atom. The van der Waals surface area contributed by atoms with Gasteiger partial charge in [0.05, 0.1) is 4.90 Å². The van der Waals surface area contributed by atoms with E-state index in [4.69, 9.17) is 16.7 Å². The molecule has 1 unspecified atom stereocenters.